The number of rotatable bonds is 4. The molecule has 3 N–H and O–H groups in total. The van der Waals surface area contributed by atoms with Crippen LogP contribution in [0.1, 0.15) is 19.4 Å². The minimum atomic E-state index is -0.526. The summed E-state index contributed by atoms with van der Waals surface area (Å²) in [7, 11) is 0. The Hall–Kier alpha value is -2.09. The van der Waals surface area contributed by atoms with Gasteiger partial charge in [-0.15, -0.1) is 0 Å². The van der Waals surface area contributed by atoms with E-state index in [1.165, 1.54) is 0 Å². The van der Waals surface area contributed by atoms with Gasteiger partial charge in [-0.1, -0.05) is 13.8 Å². The molecule has 0 saturated carbocycles. The minimum absolute atomic E-state index is 0.0334. The van der Waals surface area contributed by atoms with Crippen molar-refractivity contribution in [1.82, 2.24) is 4.98 Å². The molecule has 0 aromatic carbocycles. The van der Waals surface area contributed by atoms with Gasteiger partial charge in [-0.3, -0.25) is 4.79 Å². The number of carbonyl (C=O) groups excluding carboxylic acids is 1. The molecule has 1 heterocycles. The highest BCUT2D eigenvalue weighted by molar-refractivity contribution is 5.83. The third kappa shape index (κ3) is 2.70. The predicted octanol–water partition coefficient (Wildman–Crippen LogP) is 0.875. The quantitative estimate of drug-likeness (QED) is 0.784. The lowest BCUT2D eigenvalue weighted by Gasteiger charge is -2.19. The Morgan fingerprint density at radius 1 is 1.62 bits per heavy atom. The lowest BCUT2D eigenvalue weighted by molar-refractivity contribution is -0.119. The number of nitrogens with zero attached hydrogens (tertiary/aromatic N) is 2. The number of primary amides is 1. The minimum Gasteiger partial charge on any atom is -0.368 e. The van der Waals surface area contributed by atoms with Gasteiger partial charge in [0.2, 0.25) is 5.91 Å². The van der Waals surface area contributed by atoms with Crippen LogP contribution < -0.4 is 11.1 Å². The van der Waals surface area contributed by atoms with Gasteiger partial charge in [0.25, 0.3) is 0 Å². The number of amides is 1. The van der Waals surface area contributed by atoms with E-state index in [1.807, 2.05) is 19.9 Å². The second kappa shape index (κ2) is 5.12. The van der Waals surface area contributed by atoms with Crippen molar-refractivity contribution >= 4 is 11.7 Å². The molecular formula is C11H14N4O. The van der Waals surface area contributed by atoms with Crippen LogP contribution in [0.3, 0.4) is 0 Å². The molecule has 84 valence electrons. The van der Waals surface area contributed by atoms with E-state index in [1.54, 1.807) is 18.3 Å². The number of nitriles is 1. The first-order valence-electron chi connectivity index (χ1n) is 4.97. The third-order valence-corrected chi connectivity index (χ3v) is 2.19. The molecule has 0 bridgehead atoms. The van der Waals surface area contributed by atoms with Gasteiger partial charge in [-0.05, 0) is 18.1 Å². The Balaban J connectivity index is 2.94. The van der Waals surface area contributed by atoms with Crippen molar-refractivity contribution in [2.24, 2.45) is 11.7 Å². The Morgan fingerprint density at radius 3 is 2.81 bits per heavy atom. The van der Waals surface area contributed by atoms with Gasteiger partial charge in [0.1, 0.15) is 17.9 Å². The summed E-state index contributed by atoms with van der Waals surface area (Å²) < 4.78 is 0. The molecule has 0 unspecified atom stereocenters. The molecule has 0 aliphatic heterocycles. The van der Waals surface area contributed by atoms with Gasteiger partial charge >= 0.3 is 0 Å². The predicted molar refractivity (Wildman–Crippen MR) is 60.4 cm³/mol. The summed E-state index contributed by atoms with van der Waals surface area (Å²) in [6, 6.07) is 4.77. The highest BCUT2D eigenvalue weighted by Crippen LogP contribution is 2.14. The molecule has 1 aromatic rings. The topological polar surface area (TPSA) is 91.8 Å². The maximum atomic E-state index is 11.2. The van der Waals surface area contributed by atoms with Gasteiger partial charge in [0.05, 0.1) is 5.56 Å². The van der Waals surface area contributed by atoms with Gasteiger partial charge in [0, 0.05) is 6.20 Å². The highest BCUT2D eigenvalue weighted by Gasteiger charge is 2.20. The zero-order valence-corrected chi connectivity index (χ0v) is 9.27. The van der Waals surface area contributed by atoms with Gasteiger partial charge in [-0.25, -0.2) is 4.98 Å². The summed E-state index contributed by atoms with van der Waals surface area (Å²) in [6.07, 6.45) is 1.56. The lowest BCUT2D eigenvalue weighted by Crippen LogP contribution is -2.39. The maximum Gasteiger partial charge on any atom is 0.240 e. The molecule has 0 fully saturated rings. The van der Waals surface area contributed by atoms with E-state index >= 15 is 0 Å². The average Bonchev–Trinajstić information content (AvgIpc) is 2.25. The van der Waals surface area contributed by atoms with Crippen molar-refractivity contribution in [3.8, 4) is 6.07 Å². The lowest BCUT2D eigenvalue weighted by atomic mass is 10.0. The van der Waals surface area contributed by atoms with Crippen LogP contribution in [-0.2, 0) is 4.79 Å². The Labute approximate surface area is 94.3 Å². The average molecular weight is 218 g/mol. The number of hydrogen-bond donors (Lipinski definition) is 2. The normalized spacial score (nSPS) is 11.9. The fraction of sp³-hybridized carbons (Fsp3) is 0.364. The summed E-state index contributed by atoms with van der Waals surface area (Å²) in [5.41, 5.74) is 5.66. The van der Waals surface area contributed by atoms with Gasteiger partial charge in [-0.2, -0.15) is 5.26 Å². The SMILES string of the molecule is CC(C)[C@H](Nc1ncccc1C#N)C(N)=O. The fourth-order valence-electron chi connectivity index (χ4n) is 1.32. The van der Waals surface area contributed by atoms with Crippen LogP contribution in [0.25, 0.3) is 0 Å². The molecule has 0 aliphatic carbocycles. The zero-order valence-electron chi connectivity index (χ0n) is 9.27. The molecule has 1 amide bonds. The summed E-state index contributed by atoms with van der Waals surface area (Å²) in [5.74, 6) is -0.0295. The fourth-order valence-corrected chi connectivity index (χ4v) is 1.32. The van der Waals surface area contributed by atoms with E-state index in [-0.39, 0.29) is 5.92 Å². The molecule has 5 nitrogen and oxygen atoms in total. The van der Waals surface area contributed by atoms with Crippen molar-refractivity contribution in [2.45, 2.75) is 19.9 Å². The summed E-state index contributed by atoms with van der Waals surface area (Å²) >= 11 is 0. The highest BCUT2D eigenvalue weighted by atomic mass is 16.1. The van der Waals surface area contributed by atoms with E-state index in [9.17, 15) is 4.79 Å². The second-order valence-corrected chi connectivity index (χ2v) is 3.78. The molecular weight excluding hydrogens is 204 g/mol. The van der Waals surface area contributed by atoms with Gasteiger partial charge in [0.15, 0.2) is 0 Å². The maximum absolute atomic E-state index is 11.2. The first-order valence-corrected chi connectivity index (χ1v) is 4.97. The van der Waals surface area contributed by atoms with Crippen molar-refractivity contribution in [1.29, 1.82) is 5.26 Å². The largest absolute Gasteiger partial charge is 0.368 e. The number of nitrogens with one attached hydrogen (secondary N) is 1. The van der Waals surface area contributed by atoms with E-state index in [0.29, 0.717) is 11.4 Å². The number of carbonyl (C=O) groups is 1. The molecule has 0 aliphatic rings. The molecule has 5 heteroatoms. The van der Waals surface area contributed by atoms with Crippen LogP contribution in [0.2, 0.25) is 0 Å². The molecule has 0 saturated heterocycles. The van der Waals surface area contributed by atoms with Crippen LogP contribution in [-0.4, -0.2) is 16.9 Å². The van der Waals surface area contributed by atoms with Crippen molar-refractivity contribution in [3.05, 3.63) is 23.9 Å². The first-order chi connectivity index (χ1) is 7.56. The van der Waals surface area contributed by atoms with Crippen molar-refractivity contribution < 1.29 is 4.79 Å². The van der Waals surface area contributed by atoms with Crippen LogP contribution in [0.5, 0.6) is 0 Å². The first kappa shape index (κ1) is 12.0. The van der Waals surface area contributed by atoms with Crippen LogP contribution in [0, 0.1) is 17.2 Å². The second-order valence-electron chi connectivity index (χ2n) is 3.78. The van der Waals surface area contributed by atoms with Gasteiger partial charge < -0.3 is 11.1 Å². The van der Waals surface area contributed by atoms with E-state index < -0.39 is 11.9 Å². The molecule has 0 radical (unpaired) electrons. The number of hydrogen-bond acceptors (Lipinski definition) is 4. The number of anilines is 1. The van der Waals surface area contributed by atoms with Crippen LogP contribution in [0.4, 0.5) is 5.82 Å². The summed E-state index contributed by atoms with van der Waals surface area (Å²) in [4.78, 5) is 15.2. The number of pyridine rings is 1. The number of nitrogens with two attached hydrogens (primary N) is 1. The Bertz CT molecular complexity index is 422. The third-order valence-electron chi connectivity index (χ3n) is 2.19. The molecule has 1 rings (SSSR count). The zero-order chi connectivity index (χ0) is 12.1. The van der Waals surface area contributed by atoms with Crippen LogP contribution in [0.15, 0.2) is 18.3 Å². The standard InChI is InChI=1S/C11H14N4O/c1-7(2)9(10(13)16)15-11-8(6-12)4-3-5-14-11/h3-5,7,9H,1-2H3,(H2,13,16)(H,14,15)/t9-/m0/s1. The monoisotopic (exact) mass is 218 g/mol. The van der Waals surface area contributed by atoms with E-state index in [0.717, 1.165) is 0 Å². The molecule has 1 atom stereocenters. The van der Waals surface area contributed by atoms with E-state index in [4.69, 9.17) is 11.0 Å². The summed E-state index contributed by atoms with van der Waals surface area (Å²) in [6.45, 7) is 3.74. The molecule has 1 aromatic heterocycles. The molecule has 0 spiro atoms. The number of aromatic nitrogens is 1. The summed E-state index contributed by atoms with van der Waals surface area (Å²) in [5, 5.41) is 11.8. The van der Waals surface area contributed by atoms with E-state index in [2.05, 4.69) is 10.3 Å². The smallest absolute Gasteiger partial charge is 0.240 e. The van der Waals surface area contributed by atoms with Crippen LogP contribution >= 0.6 is 0 Å². The van der Waals surface area contributed by atoms with Crippen molar-refractivity contribution in [2.75, 3.05) is 5.32 Å². The molecule has 16 heavy (non-hydrogen) atoms. The van der Waals surface area contributed by atoms with Crippen molar-refractivity contribution in [3.63, 3.8) is 0 Å². The Morgan fingerprint density at radius 2 is 2.31 bits per heavy atom. The Kier molecular flexibility index (Phi) is 3.84.